The lowest BCUT2D eigenvalue weighted by Crippen LogP contribution is -2.50. The molecule has 9 heteroatoms. The van der Waals surface area contributed by atoms with Gasteiger partial charge in [-0.3, -0.25) is 14.2 Å². The number of rotatable bonds is 9. The summed E-state index contributed by atoms with van der Waals surface area (Å²) in [5.41, 5.74) is 0.382. The second kappa shape index (κ2) is 9.27. The Kier molecular flexibility index (Phi) is 7.31. The van der Waals surface area contributed by atoms with E-state index >= 15 is 0 Å². The number of carbonyl (C=O) groups is 2. The lowest BCUT2D eigenvalue weighted by molar-refractivity contribution is -0.129. The van der Waals surface area contributed by atoms with Crippen LogP contribution in [-0.4, -0.2) is 68.0 Å². The van der Waals surface area contributed by atoms with Crippen LogP contribution in [0, 0.1) is 0 Å². The molecule has 1 aromatic rings. The van der Waals surface area contributed by atoms with Crippen molar-refractivity contribution in [1.82, 2.24) is 14.5 Å². The maximum atomic E-state index is 12.9. The number of aldehydes is 1. The van der Waals surface area contributed by atoms with E-state index in [1.165, 1.54) is 4.57 Å². The molecule has 27 heavy (non-hydrogen) atoms. The third kappa shape index (κ3) is 6.28. The minimum absolute atomic E-state index is 0.0429. The SMILES string of the molecule is CN1CCN(c2nc(CCC=O)cn(COCC[Si](C)(C)C)c2=O)CC1=O. The van der Waals surface area contributed by atoms with Crippen LogP contribution in [0.4, 0.5) is 5.82 Å². The predicted octanol–water partition coefficient (Wildman–Crippen LogP) is 0.965. The van der Waals surface area contributed by atoms with Gasteiger partial charge < -0.3 is 19.3 Å². The molecule has 1 amide bonds. The summed E-state index contributed by atoms with van der Waals surface area (Å²) in [6.45, 7) is 8.81. The zero-order chi connectivity index (χ0) is 20.0. The molecular weight excluding hydrogens is 364 g/mol. The van der Waals surface area contributed by atoms with Crippen LogP contribution in [0.3, 0.4) is 0 Å². The first kappa shape index (κ1) is 21.3. The van der Waals surface area contributed by atoms with Crippen molar-refractivity contribution in [2.75, 3.05) is 38.2 Å². The van der Waals surface area contributed by atoms with Gasteiger partial charge in [0, 0.05) is 47.4 Å². The molecule has 1 aliphatic rings. The maximum absolute atomic E-state index is 12.9. The Labute approximate surface area is 161 Å². The number of carbonyl (C=O) groups excluding carboxylic acids is 2. The van der Waals surface area contributed by atoms with E-state index in [0.717, 1.165) is 12.3 Å². The molecule has 0 saturated carbocycles. The summed E-state index contributed by atoms with van der Waals surface area (Å²) < 4.78 is 7.22. The van der Waals surface area contributed by atoms with E-state index in [4.69, 9.17) is 4.74 Å². The molecule has 0 aliphatic carbocycles. The molecule has 2 rings (SSSR count). The molecule has 0 N–H and O–H groups in total. The van der Waals surface area contributed by atoms with Crippen molar-refractivity contribution in [3.63, 3.8) is 0 Å². The minimum Gasteiger partial charge on any atom is -0.361 e. The lowest BCUT2D eigenvalue weighted by Gasteiger charge is -2.32. The highest BCUT2D eigenvalue weighted by Gasteiger charge is 2.25. The fraction of sp³-hybridized carbons (Fsp3) is 0.667. The monoisotopic (exact) mass is 394 g/mol. The summed E-state index contributed by atoms with van der Waals surface area (Å²) >= 11 is 0. The molecule has 0 bridgehead atoms. The van der Waals surface area contributed by atoms with E-state index in [-0.39, 0.29) is 30.6 Å². The van der Waals surface area contributed by atoms with Crippen LogP contribution in [-0.2, 0) is 27.5 Å². The van der Waals surface area contributed by atoms with Gasteiger partial charge in [0.1, 0.15) is 13.0 Å². The Balaban J connectivity index is 2.20. The quantitative estimate of drug-likeness (QED) is 0.352. The van der Waals surface area contributed by atoms with Crippen molar-refractivity contribution >= 4 is 26.1 Å². The number of piperazine rings is 1. The van der Waals surface area contributed by atoms with E-state index < -0.39 is 8.07 Å². The van der Waals surface area contributed by atoms with E-state index in [1.54, 1.807) is 23.0 Å². The molecule has 2 heterocycles. The molecule has 1 aliphatic heterocycles. The molecule has 0 radical (unpaired) electrons. The van der Waals surface area contributed by atoms with Gasteiger partial charge in [-0.05, 0) is 12.5 Å². The number of amides is 1. The summed E-state index contributed by atoms with van der Waals surface area (Å²) in [6.07, 6.45) is 3.28. The van der Waals surface area contributed by atoms with Gasteiger partial charge in [-0.15, -0.1) is 0 Å². The molecule has 1 aromatic heterocycles. The number of aryl methyl sites for hydroxylation is 1. The number of nitrogens with zero attached hydrogens (tertiary/aromatic N) is 4. The number of ether oxygens (including phenoxy) is 1. The lowest BCUT2D eigenvalue weighted by atomic mass is 10.2. The summed E-state index contributed by atoms with van der Waals surface area (Å²) in [5, 5.41) is 0. The van der Waals surface area contributed by atoms with Gasteiger partial charge in [-0.25, -0.2) is 4.98 Å². The van der Waals surface area contributed by atoms with Crippen molar-refractivity contribution in [2.24, 2.45) is 0 Å². The van der Waals surface area contributed by atoms with Crippen LogP contribution >= 0.6 is 0 Å². The number of hydrogen-bond acceptors (Lipinski definition) is 6. The fourth-order valence-electron chi connectivity index (χ4n) is 2.69. The first-order chi connectivity index (χ1) is 12.7. The van der Waals surface area contributed by atoms with Crippen molar-refractivity contribution in [2.45, 2.75) is 45.3 Å². The van der Waals surface area contributed by atoms with Gasteiger partial charge >= 0.3 is 0 Å². The van der Waals surface area contributed by atoms with Crippen LogP contribution in [0.2, 0.25) is 25.7 Å². The Hall–Kier alpha value is -2.00. The third-order valence-electron chi connectivity index (χ3n) is 4.51. The molecule has 0 spiro atoms. The highest BCUT2D eigenvalue weighted by Crippen LogP contribution is 2.12. The molecule has 150 valence electrons. The topological polar surface area (TPSA) is 84.7 Å². The molecular formula is C18H30N4O4Si. The van der Waals surface area contributed by atoms with Crippen LogP contribution in [0.1, 0.15) is 12.1 Å². The van der Waals surface area contributed by atoms with E-state index in [2.05, 4.69) is 24.6 Å². The van der Waals surface area contributed by atoms with E-state index in [0.29, 0.717) is 38.2 Å². The van der Waals surface area contributed by atoms with Crippen LogP contribution in [0.25, 0.3) is 0 Å². The first-order valence-electron chi connectivity index (χ1n) is 9.32. The molecule has 0 unspecified atom stereocenters. The summed E-state index contributed by atoms with van der Waals surface area (Å²) in [6, 6.07) is 1.02. The summed E-state index contributed by atoms with van der Waals surface area (Å²) in [5.74, 6) is 0.215. The number of likely N-dealkylation sites (N-methyl/N-ethyl adjacent to an activating group) is 1. The Morgan fingerprint density at radius 1 is 1.26 bits per heavy atom. The number of hydrogen-bond donors (Lipinski definition) is 0. The van der Waals surface area contributed by atoms with Gasteiger partial charge in [0.15, 0.2) is 5.82 Å². The largest absolute Gasteiger partial charge is 0.361 e. The molecule has 1 fully saturated rings. The van der Waals surface area contributed by atoms with E-state index in [9.17, 15) is 14.4 Å². The highest BCUT2D eigenvalue weighted by molar-refractivity contribution is 6.76. The van der Waals surface area contributed by atoms with Gasteiger partial charge in [-0.1, -0.05) is 19.6 Å². The van der Waals surface area contributed by atoms with Gasteiger partial charge in [0.2, 0.25) is 5.91 Å². The Bertz CT molecular complexity index is 729. The van der Waals surface area contributed by atoms with Crippen molar-refractivity contribution in [1.29, 1.82) is 0 Å². The molecule has 8 nitrogen and oxygen atoms in total. The molecule has 0 atom stereocenters. The standard InChI is InChI=1S/C18H30N4O4Si/c1-20-7-8-21(13-16(20)24)17-18(25)22(12-15(19-17)6-5-9-23)14-26-10-11-27(2,3)4/h9,12H,5-8,10-11,13-14H2,1-4H3. The minimum atomic E-state index is -1.20. The zero-order valence-corrected chi connectivity index (χ0v) is 17.7. The van der Waals surface area contributed by atoms with Crippen molar-refractivity contribution < 1.29 is 14.3 Å². The second-order valence-corrected chi connectivity index (χ2v) is 13.7. The summed E-state index contributed by atoms with van der Waals surface area (Å²) in [7, 11) is 0.545. The van der Waals surface area contributed by atoms with Crippen LogP contribution in [0.5, 0.6) is 0 Å². The van der Waals surface area contributed by atoms with Crippen LogP contribution < -0.4 is 10.5 Å². The number of aromatic nitrogens is 2. The predicted molar refractivity (Wildman–Crippen MR) is 107 cm³/mol. The first-order valence-corrected chi connectivity index (χ1v) is 13.0. The van der Waals surface area contributed by atoms with Crippen molar-refractivity contribution in [3.05, 3.63) is 22.2 Å². The smallest absolute Gasteiger partial charge is 0.295 e. The zero-order valence-electron chi connectivity index (χ0n) is 16.7. The maximum Gasteiger partial charge on any atom is 0.295 e. The molecule has 0 aromatic carbocycles. The van der Waals surface area contributed by atoms with Gasteiger partial charge in [0.05, 0.1) is 12.2 Å². The average Bonchev–Trinajstić information content (AvgIpc) is 2.60. The molecule has 1 saturated heterocycles. The number of anilines is 1. The average molecular weight is 395 g/mol. The fourth-order valence-corrected chi connectivity index (χ4v) is 3.45. The van der Waals surface area contributed by atoms with Crippen molar-refractivity contribution in [3.8, 4) is 0 Å². The summed E-state index contributed by atoms with van der Waals surface area (Å²) in [4.78, 5) is 43.4. The normalized spacial score (nSPS) is 15.3. The second-order valence-electron chi connectivity index (χ2n) is 8.12. The van der Waals surface area contributed by atoms with E-state index in [1.807, 2.05) is 0 Å². The van der Waals surface area contributed by atoms with Gasteiger partial charge in [0.25, 0.3) is 5.56 Å². The third-order valence-corrected chi connectivity index (χ3v) is 6.21. The Morgan fingerprint density at radius 2 is 2.00 bits per heavy atom. The van der Waals surface area contributed by atoms with Gasteiger partial charge in [-0.2, -0.15) is 0 Å². The highest BCUT2D eigenvalue weighted by atomic mass is 28.3. The Morgan fingerprint density at radius 3 is 2.63 bits per heavy atom. The van der Waals surface area contributed by atoms with Crippen LogP contribution in [0.15, 0.2) is 11.0 Å².